The van der Waals surface area contributed by atoms with Gasteiger partial charge in [-0.25, -0.2) is 0 Å². The number of hydrogen-bond donors (Lipinski definition) is 2. The fourth-order valence-electron chi connectivity index (χ4n) is 1.86. The van der Waals surface area contributed by atoms with Gasteiger partial charge in [-0.2, -0.15) is 0 Å². The topological polar surface area (TPSA) is 35.5 Å². The van der Waals surface area contributed by atoms with Crippen LogP contribution in [0.5, 0.6) is 0 Å². The maximum Gasteiger partial charge on any atom is 0.0558 e. The summed E-state index contributed by atoms with van der Waals surface area (Å²) < 4.78 is 0. The van der Waals surface area contributed by atoms with E-state index in [0.29, 0.717) is 5.41 Å². The Morgan fingerprint density at radius 2 is 2.07 bits per heavy atom. The molecule has 0 spiro atoms. The molecule has 1 aliphatic carbocycles. The molecule has 1 saturated carbocycles. The lowest BCUT2D eigenvalue weighted by Crippen LogP contribution is -2.42. The van der Waals surface area contributed by atoms with Crippen LogP contribution in [-0.2, 0) is 0 Å². The molecule has 90 valence electrons. The summed E-state index contributed by atoms with van der Waals surface area (Å²) in [5.41, 5.74) is 0.299. The Kier molecular flexibility index (Phi) is 5.03. The number of aliphatic hydroxyl groups is 1. The highest BCUT2D eigenvalue weighted by Crippen LogP contribution is 2.22. The number of nitrogens with one attached hydrogen (secondary N) is 1. The quantitative estimate of drug-likeness (QED) is 0.634. The van der Waals surface area contributed by atoms with Crippen LogP contribution in [-0.4, -0.2) is 48.8 Å². The van der Waals surface area contributed by atoms with Crippen molar-refractivity contribution in [2.75, 3.05) is 32.8 Å². The van der Waals surface area contributed by atoms with Crippen LogP contribution in [0.2, 0.25) is 0 Å². The molecule has 0 heterocycles. The molecule has 0 radical (unpaired) electrons. The summed E-state index contributed by atoms with van der Waals surface area (Å²) in [5.74, 6) is 0. The van der Waals surface area contributed by atoms with Crippen molar-refractivity contribution in [3.8, 4) is 0 Å². The predicted molar refractivity (Wildman–Crippen MR) is 64.0 cm³/mol. The van der Waals surface area contributed by atoms with Gasteiger partial charge in [-0.05, 0) is 24.8 Å². The summed E-state index contributed by atoms with van der Waals surface area (Å²) in [6.07, 6.45) is 2.70. The van der Waals surface area contributed by atoms with E-state index in [9.17, 15) is 0 Å². The van der Waals surface area contributed by atoms with Crippen LogP contribution < -0.4 is 5.32 Å². The van der Waals surface area contributed by atoms with Crippen molar-refractivity contribution in [3.05, 3.63) is 0 Å². The third-order valence-electron chi connectivity index (χ3n) is 2.96. The molecule has 0 atom stereocenters. The van der Waals surface area contributed by atoms with Crippen LogP contribution in [0.25, 0.3) is 0 Å². The first kappa shape index (κ1) is 12.9. The molecule has 1 rings (SSSR count). The minimum atomic E-state index is 0.264. The molecule has 2 N–H and O–H groups in total. The highest BCUT2D eigenvalue weighted by molar-refractivity contribution is 4.85. The van der Waals surface area contributed by atoms with Gasteiger partial charge in [0.05, 0.1) is 6.61 Å². The second-order valence-corrected chi connectivity index (χ2v) is 5.41. The van der Waals surface area contributed by atoms with Gasteiger partial charge in [0.15, 0.2) is 0 Å². The van der Waals surface area contributed by atoms with Crippen molar-refractivity contribution in [1.29, 1.82) is 0 Å². The Morgan fingerprint density at radius 1 is 1.40 bits per heavy atom. The Balaban J connectivity index is 2.23. The summed E-state index contributed by atoms with van der Waals surface area (Å²) in [5, 5.41) is 12.5. The average Bonchev–Trinajstić information content (AvgIpc) is 2.97. The molecule has 0 saturated heterocycles. The summed E-state index contributed by atoms with van der Waals surface area (Å²) in [4.78, 5) is 2.31. The van der Waals surface area contributed by atoms with E-state index in [2.05, 4.69) is 31.0 Å². The minimum absolute atomic E-state index is 0.264. The average molecular weight is 214 g/mol. The fourth-order valence-corrected chi connectivity index (χ4v) is 1.86. The van der Waals surface area contributed by atoms with Crippen molar-refractivity contribution in [2.45, 2.75) is 39.7 Å². The van der Waals surface area contributed by atoms with Gasteiger partial charge >= 0.3 is 0 Å². The summed E-state index contributed by atoms with van der Waals surface area (Å²) in [6.45, 7) is 11.0. The molecule has 0 amide bonds. The van der Waals surface area contributed by atoms with Crippen molar-refractivity contribution < 1.29 is 5.11 Å². The highest BCUT2D eigenvalue weighted by Gasteiger charge is 2.26. The first-order valence-corrected chi connectivity index (χ1v) is 6.14. The zero-order chi connectivity index (χ0) is 11.3. The molecule has 3 nitrogen and oxygen atoms in total. The van der Waals surface area contributed by atoms with Crippen molar-refractivity contribution in [3.63, 3.8) is 0 Å². The van der Waals surface area contributed by atoms with E-state index in [4.69, 9.17) is 5.11 Å². The maximum atomic E-state index is 8.94. The molecule has 0 aromatic rings. The van der Waals surface area contributed by atoms with Gasteiger partial charge in [0.1, 0.15) is 0 Å². The molecule has 1 aliphatic rings. The highest BCUT2D eigenvalue weighted by atomic mass is 16.3. The van der Waals surface area contributed by atoms with Gasteiger partial charge < -0.3 is 15.3 Å². The number of hydrogen-bond acceptors (Lipinski definition) is 3. The van der Waals surface area contributed by atoms with Crippen LogP contribution in [0.15, 0.2) is 0 Å². The molecule has 0 aromatic heterocycles. The van der Waals surface area contributed by atoms with E-state index in [1.807, 2.05) is 0 Å². The lowest BCUT2D eigenvalue weighted by Gasteiger charge is -2.32. The van der Waals surface area contributed by atoms with E-state index in [1.54, 1.807) is 0 Å². The number of likely N-dealkylation sites (N-methyl/N-ethyl adjacent to an activating group) is 1. The SMILES string of the molecule is CCN(CCO)CC(C)(C)CNC1CC1. The third-order valence-corrected chi connectivity index (χ3v) is 2.96. The van der Waals surface area contributed by atoms with Crippen LogP contribution in [0, 0.1) is 5.41 Å². The number of rotatable bonds is 8. The lowest BCUT2D eigenvalue weighted by molar-refractivity contribution is 0.147. The van der Waals surface area contributed by atoms with Crippen LogP contribution in [0.1, 0.15) is 33.6 Å². The van der Waals surface area contributed by atoms with E-state index in [1.165, 1.54) is 12.8 Å². The Hall–Kier alpha value is -0.120. The second-order valence-electron chi connectivity index (χ2n) is 5.41. The molecule has 3 heteroatoms. The molecule has 0 bridgehead atoms. The van der Waals surface area contributed by atoms with Crippen LogP contribution in [0.3, 0.4) is 0 Å². The minimum Gasteiger partial charge on any atom is -0.395 e. The number of aliphatic hydroxyl groups excluding tert-OH is 1. The van der Waals surface area contributed by atoms with E-state index >= 15 is 0 Å². The van der Waals surface area contributed by atoms with Gasteiger partial charge in [-0.3, -0.25) is 0 Å². The van der Waals surface area contributed by atoms with E-state index < -0.39 is 0 Å². The summed E-state index contributed by atoms with van der Waals surface area (Å²) >= 11 is 0. The Labute approximate surface area is 93.9 Å². The zero-order valence-corrected chi connectivity index (χ0v) is 10.4. The summed E-state index contributed by atoms with van der Waals surface area (Å²) in [7, 11) is 0. The third kappa shape index (κ3) is 5.50. The normalized spacial score (nSPS) is 17.4. The van der Waals surface area contributed by atoms with Crippen molar-refractivity contribution in [1.82, 2.24) is 10.2 Å². The Bertz CT molecular complexity index is 178. The van der Waals surface area contributed by atoms with Gasteiger partial charge in [-0.1, -0.05) is 20.8 Å². The van der Waals surface area contributed by atoms with Gasteiger partial charge in [0.25, 0.3) is 0 Å². The Morgan fingerprint density at radius 3 is 2.53 bits per heavy atom. The first-order chi connectivity index (χ1) is 7.07. The monoisotopic (exact) mass is 214 g/mol. The second kappa shape index (κ2) is 5.83. The van der Waals surface area contributed by atoms with Gasteiger partial charge in [0.2, 0.25) is 0 Å². The lowest BCUT2D eigenvalue weighted by atomic mass is 9.92. The predicted octanol–water partition coefficient (Wildman–Crippen LogP) is 1.08. The molecular weight excluding hydrogens is 188 g/mol. The molecule has 0 aromatic carbocycles. The largest absolute Gasteiger partial charge is 0.395 e. The van der Waals surface area contributed by atoms with Crippen LogP contribution >= 0.6 is 0 Å². The molecule has 15 heavy (non-hydrogen) atoms. The zero-order valence-electron chi connectivity index (χ0n) is 10.4. The van der Waals surface area contributed by atoms with Crippen LogP contribution in [0.4, 0.5) is 0 Å². The summed E-state index contributed by atoms with van der Waals surface area (Å²) in [6, 6.07) is 0.789. The standard InChI is InChI=1S/C12H26N2O/c1-4-14(7-8-15)10-12(2,3)9-13-11-5-6-11/h11,13,15H,4-10H2,1-3H3. The number of nitrogens with zero attached hydrogens (tertiary/aromatic N) is 1. The van der Waals surface area contributed by atoms with Crippen molar-refractivity contribution >= 4 is 0 Å². The molecule has 0 aliphatic heterocycles. The van der Waals surface area contributed by atoms with Gasteiger partial charge in [-0.15, -0.1) is 0 Å². The first-order valence-electron chi connectivity index (χ1n) is 6.14. The molecular formula is C12H26N2O. The van der Waals surface area contributed by atoms with Gasteiger partial charge in [0, 0.05) is 25.7 Å². The molecule has 0 unspecified atom stereocenters. The maximum absolute atomic E-state index is 8.94. The molecule has 1 fully saturated rings. The smallest absolute Gasteiger partial charge is 0.0558 e. The van der Waals surface area contributed by atoms with E-state index in [-0.39, 0.29) is 6.61 Å². The van der Waals surface area contributed by atoms with E-state index in [0.717, 1.165) is 32.2 Å². The fraction of sp³-hybridized carbons (Fsp3) is 1.00. The van der Waals surface area contributed by atoms with Crippen molar-refractivity contribution in [2.24, 2.45) is 5.41 Å².